The normalized spacial score (nSPS) is 22.4. The SMILES string of the molecule is NC1CSCC1c1nc(Cc2cc(F)cc(F)c2)no1. The van der Waals surface area contributed by atoms with Gasteiger partial charge in [-0.3, -0.25) is 0 Å². The van der Waals surface area contributed by atoms with Crippen LogP contribution in [0.4, 0.5) is 8.78 Å². The van der Waals surface area contributed by atoms with E-state index in [9.17, 15) is 8.78 Å². The molecule has 1 fully saturated rings. The lowest BCUT2D eigenvalue weighted by atomic mass is 10.1. The van der Waals surface area contributed by atoms with Crippen molar-refractivity contribution in [3.05, 3.63) is 47.1 Å². The molecule has 0 bridgehead atoms. The second-order valence-electron chi connectivity index (χ2n) is 4.81. The van der Waals surface area contributed by atoms with Gasteiger partial charge in [0.2, 0.25) is 5.89 Å². The maximum atomic E-state index is 13.1. The fourth-order valence-electron chi connectivity index (χ4n) is 2.21. The molecule has 1 aliphatic rings. The highest BCUT2D eigenvalue weighted by atomic mass is 32.2. The van der Waals surface area contributed by atoms with Gasteiger partial charge in [0, 0.05) is 30.0 Å². The predicted molar refractivity (Wildman–Crippen MR) is 71.5 cm³/mol. The third-order valence-corrected chi connectivity index (χ3v) is 4.43. The molecule has 0 saturated carbocycles. The van der Waals surface area contributed by atoms with E-state index in [1.807, 2.05) is 0 Å². The maximum absolute atomic E-state index is 13.1. The average molecular weight is 297 g/mol. The number of hydrogen-bond donors (Lipinski definition) is 1. The highest BCUT2D eigenvalue weighted by Gasteiger charge is 2.30. The summed E-state index contributed by atoms with van der Waals surface area (Å²) in [7, 11) is 0. The van der Waals surface area contributed by atoms with Crippen molar-refractivity contribution in [1.82, 2.24) is 10.1 Å². The standard InChI is InChI=1S/C13H13F2N3OS/c14-8-1-7(2-9(15)4-8)3-12-17-13(19-18-12)10-5-20-6-11(10)16/h1-2,4,10-11H,3,5-6,16H2. The number of nitrogens with two attached hydrogens (primary N) is 1. The summed E-state index contributed by atoms with van der Waals surface area (Å²) in [5.41, 5.74) is 6.44. The van der Waals surface area contributed by atoms with Crippen molar-refractivity contribution in [2.45, 2.75) is 18.4 Å². The molecule has 2 aromatic rings. The minimum Gasteiger partial charge on any atom is -0.339 e. The number of hydrogen-bond acceptors (Lipinski definition) is 5. The fraction of sp³-hybridized carbons (Fsp3) is 0.385. The highest BCUT2D eigenvalue weighted by Crippen LogP contribution is 2.30. The topological polar surface area (TPSA) is 64.9 Å². The Morgan fingerprint density at radius 3 is 2.65 bits per heavy atom. The lowest BCUT2D eigenvalue weighted by Crippen LogP contribution is -2.26. The van der Waals surface area contributed by atoms with Crippen LogP contribution in [0.1, 0.15) is 23.2 Å². The van der Waals surface area contributed by atoms with Gasteiger partial charge >= 0.3 is 0 Å². The summed E-state index contributed by atoms with van der Waals surface area (Å²) in [6.45, 7) is 0. The minimum absolute atomic E-state index is 0.0138. The Hall–Kier alpha value is -1.47. The van der Waals surface area contributed by atoms with Crippen molar-refractivity contribution in [3.63, 3.8) is 0 Å². The lowest BCUT2D eigenvalue weighted by Gasteiger charge is -2.07. The van der Waals surface area contributed by atoms with Gasteiger partial charge in [0.1, 0.15) is 11.6 Å². The number of halogens is 2. The van der Waals surface area contributed by atoms with E-state index in [1.54, 1.807) is 11.8 Å². The Morgan fingerprint density at radius 1 is 1.25 bits per heavy atom. The zero-order chi connectivity index (χ0) is 14.1. The molecule has 1 saturated heterocycles. The number of nitrogens with zero attached hydrogens (tertiary/aromatic N) is 2. The molecule has 20 heavy (non-hydrogen) atoms. The van der Waals surface area contributed by atoms with Crippen molar-refractivity contribution in [3.8, 4) is 0 Å². The van der Waals surface area contributed by atoms with E-state index in [4.69, 9.17) is 10.3 Å². The first-order valence-electron chi connectivity index (χ1n) is 6.22. The second kappa shape index (κ2) is 5.49. The van der Waals surface area contributed by atoms with Crippen LogP contribution in [0.3, 0.4) is 0 Å². The third-order valence-electron chi connectivity index (χ3n) is 3.21. The van der Waals surface area contributed by atoms with Crippen LogP contribution >= 0.6 is 11.8 Å². The minimum atomic E-state index is -0.613. The summed E-state index contributed by atoms with van der Waals surface area (Å²) >= 11 is 1.75. The number of rotatable bonds is 3. The van der Waals surface area contributed by atoms with E-state index in [0.717, 1.165) is 17.6 Å². The number of benzene rings is 1. The molecule has 3 rings (SSSR count). The molecule has 1 aromatic carbocycles. The first-order chi connectivity index (χ1) is 9.61. The van der Waals surface area contributed by atoms with E-state index in [1.165, 1.54) is 12.1 Å². The summed E-state index contributed by atoms with van der Waals surface area (Å²) in [4.78, 5) is 4.28. The zero-order valence-electron chi connectivity index (χ0n) is 10.6. The molecule has 0 spiro atoms. The molecule has 1 aliphatic heterocycles. The summed E-state index contributed by atoms with van der Waals surface area (Å²) < 4.78 is 31.4. The molecular formula is C13H13F2N3OS. The Balaban J connectivity index is 1.77. The molecule has 2 N–H and O–H groups in total. The predicted octanol–water partition coefficient (Wildman–Crippen LogP) is 2.10. The summed E-state index contributed by atoms with van der Waals surface area (Å²) in [5.74, 6) is 1.49. The van der Waals surface area contributed by atoms with Crippen LogP contribution in [-0.2, 0) is 6.42 Å². The van der Waals surface area contributed by atoms with Crippen LogP contribution in [0.25, 0.3) is 0 Å². The molecule has 0 amide bonds. The third kappa shape index (κ3) is 2.83. The van der Waals surface area contributed by atoms with Gasteiger partial charge in [0.15, 0.2) is 5.82 Å². The van der Waals surface area contributed by atoms with Crippen molar-refractivity contribution < 1.29 is 13.3 Å². The molecule has 2 unspecified atom stereocenters. The van der Waals surface area contributed by atoms with E-state index in [-0.39, 0.29) is 18.4 Å². The number of aromatic nitrogens is 2. The van der Waals surface area contributed by atoms with Gasteiger partial charge in [-0.2, -0.15) is 16.7 Å². The quantitative estimate of drug-likeness (QED) is 0.940. The molecule has 0 aliphatic carbocycles. The van der Waals surface area contributed by atoms with Crippen molar-refractivity contribution in [2.24, 2.45) is 5.73 Å². The van der Waals surface area contributed by atoms with Crippen molar-refractivity contribution in [1.29, 1.82) is 0 Å². The van der Waals surface area contributed by atoms with Crippen molar-refractivity contribution in [2.75, 3.05) is 11.5 Å². The van der Waals surface area contributed by atoms with E-state index < -0.39 is 11.6 Å². The largest absolute Gasteiger partial charge is 0.339 e. The first-order valence-corrected chi connectivity index (χ1v) is 7.38. The highest BCUT2D eigenvalue weighted by molar-refractivity contribution is 7.99. The first kappa shape index (κ1) is 13.5. The van der Waals surface area contributed by atoms with E-state index in [2.05, 4.69) is 10.1 Å². The summed E-state index contributed by atoms with van der Waals surface area (Å²) in [6, 6.07) is 3.37. The monoisotopic (exact) mass is 297 g/mol. The van der Waals surface area contributed by atoms with Gasteiger partial charge < -0.3 is 10.3 Å². The van der Waals surface area contributed by atoms with Gasteiger partial charge in [0.05, 0.1) is 5.92 Å². The van der Waals surface area contributed by atoms with Gasteiger partial charge in [-0.25, -0.2) is 8.78 Å². The van der Waals surface area contributed by atoms with Gasteiger partial charge in [-0.05, 0) is 17.7 Å². The van der Waals surface area contributed by atoms with Crippen molar-refractivity contribution >= 4 is 11.8 Å². The maximum Gasteiger partial charge on any atom is 0.232 e. The molecule has 4 nitrogen and oxygen atoms in total. The van der Waals surface area contributed by atoms with Crippen LogP contribution in [0, 0.1) is 11.6 Å². The Bertz CT molecular complexity index is 599. The Morgan fingerprint density at radius 2 is 2.00 bits per heavy atom. The van der Waals surface area contributed by atoms with Gasteiger partial charge in [0.25, 0.3) is 0 Å². The smallest absolute Gasteiger partial charge is 0.232 e. The molecule has 2 atom stereocenters. The summed E-state index contributed by atoms with van der Waals surface area (Å²) in [5, 5.41) is 3.85. The van der Waals surface area contributed by atoms with Crippen LogP contribution in [0.5, 0.6) is 0 Å². The van der Waals surface area contributed by atoms with E-state index >= 15 is 0 Å². The second-order valence-corrected chi connectivity index (χ2v) is 5.89. The van der Waals surface area contributed by atoms with Gasteiger partial charge in [-0.1, -0.05) is 5.16 Å². The van der Waals surface area contributed by atoms with E-state index in [0.29, 0.717) is 17.3 Å². The average Bonchev–Trinajstić information content (AvgIpc) is 2.96. The fourth-order valence-corrected chi connectivity index (χ4v) is 3.49. The molecule has 1 aromatic heterocycles. The molecule has 7 heteroatoms. The molecule has 106 valence electrons. The summed E-state index contributed by atoms with van der Waals surface area (Å²) in [6.07, 6.45) is 0.229. The van der Waals surface area contributed by atoms with Crippen LogP contribution in [0.2, 0.25) is 0 Å². The van der Waals surface area contributed by atoms with Crippen LogP contribution in [-0.4, -0.2) is 27.7 Å². The lowest BCUT2D eigenvalue weighted by molar-refractivity contribution is 0.349. The molecular weight excluding hydrogens is 284 g/mol. The molecule has 0 radical (unpaired) electrons. The Kier molecular flexibility index (Phi) is 3.71. The van der Waals surface area contributed by atoms with Gasteiger partial charge in [-0.15, -0.1) is 0 Å². The number of thioether (sulfide) groups is 1. The molecule has 2 heterocycles. The van der Waals surface area contributed by atoms with Crippen LogP contribution < -0.4 is 5.73 Å². The van der Waals surface area contributed by atoms with Crippen LogP contribution in [0.15, 0.2) is 22.7 Å². The zero-order valence-corrected chi connectivity index (χ0v) is 11.4. The Labute approximate surface area is 118 Å².